The number of carbonyl (C=O) groups excluding carboxylic acids is 1. The van der Waals surface area contributed by atoms with Crippen LogP contribution in [0.15, 0.2) is 29.4 Å². The number of rotatable bonds is 4. The zero-order valence-corrected chi connectivity index (χ0v) is 7.14. The molecule has 0 radical (unpaired) electrons. The summed E-state index contributed by atoms with van der Waals surface area (Å²) in [4.78, 5) is 31.0. The molecule has 72 valence electrons. The minimum Gasteiger partial charge on any atom is -0.475 e. The fraction of sp³-hybridized carbons (Fsp3) is 0.111. The maximum Gasteiger partial charge on any atom is 0.372 e. The van der Waals surface area contributed by atoms with Crippen molar-refractivity contribution in [2.45, 2.75) is 6.42 Å². The third kappa shape index (κ3) is 2.48. The van der Waals surface area contributed by atoms with Gasteiger partial charge in [0, 0.05) is 6.42 Å². The molecule has 5 heteroatoms. The van der Waals surface area contributed by atoms with E-state index < -0.39 is 11.8 Å². The highest BCUT2D eigenvalue weighted by molar-refractivity contribution is 6.33. The topological polar surface area (TPSA) is 83.8 Å². The average Bonchev–Trinajstić information content (AvgIpc) is 2.19. The second-order valence-electron chi connectivity index (χ2n) is 2.66. The lowest BCUT2D eigenvalue weighted by Gasteiger charge is -1.96. The molecule has 0 aliphatic heterocycles. The zero-order valence-electron chi connectivity index (χ0n) is 7.14. The van der Waals surface area contributed by atoms with Gasteiger partial charge in [0.2, 0.25) is 5.78 Å². The van der Waals surface area contributed by atoms with E-state index in [0.29, 0.717) is 5.56 Å². The van der Waals surface area contributed by atoms with Crippen molar-refractivity contribution >= 4 is 17.4 Å². The normalized spacial score (nSPS) is 9.43. The highest BCUT2D eigenvalue weighted by Gasteiger charge is 2.11. The molecule has 0 heterocycles. The van der Waals surface area contributed by atoms with Crippen LogP contribution >= 0.6 is 0 Å². The smallest absolute Gasteiger partial charge is 0.372 e. The maximum absolute atomic E-state index is 10.8. The van der Waals surface area contributed by atoms with E-state index in [1.54, 1.807) is 0 Å². The first kappa shape index (κ1) is 10.0. The molecule has 0 saturated carbocycles. The van der Waals surface area contributed by atoms with Crippen molar-refractivity contribution in [1.82, 2.24) is 0 Å². The third-order valence-corrected chi connectivity index (χ3v) is 1.64. The monoisotopic (exact) mass is 193 g/mol. The van der Waals surface area contributed by atoms with Crippen LogP contribution < -0.4 is 0 Å². The van der Waals surface area contributed by atoms with Crippen molar-refractivity contribution < 1.29 is 14.7 Å². The molecule has 1 aromatic rings. The number of hydrogen-bond donors (Lipinski definition) is 1. The molecule has 5 nitrogen and oxygen atoms in total. The van der Waals surface area contributed by atoms with Crippen LogP contribution in [0.5, 0.6) is 0 Å². The summed E-state index contributed by atoms with van der Waals surface area (Å²) in [5.74, 6) is -2.33. The van der Waals surface area contributed by atoms with Crippen molar-refractivity contribution in [2.24, 2.45) is 5.18 Å². The van der Waals surface area contributed by atoms with E-state index in [1.165, 1.54) is 24.3 Å². The first-order chi connectivity index (χ1) is 6.63. The predicted molar refractivity (Wildman–Crippen MR) is 48.2 cm³/mol. The van der Waals surface area contributed by atoms with Crippen LogP contribution in [0.25, 0.3) is 0 Å². The Morgan fingerprint density at radius 3 is 2.21 bits per heavy atom. The van der Waals surface area contributed by atoms with Gasteiger partial charge in [-0.25, -0.2) is 4.79 Å². The van der Waals surface area contributed by atoms with Gasteiger partial charge in [-0.1, -0.05) is 12.1 Å². The molecule has 0 saturated heterocycles. The molecule has 1 N–H and O–H groups in total. The van der Waals surface area contributed by atoms with E-state index in [-0.39, 0.29) is 12.1 Å². The van der Waals surface area contributed by atoms with Gasteiger partial charge >= 0.3 is 5.97 Å². The zero-order chi connectivity index (χ0) is 10.6. The Bertz CT molecular complexity index is 369. The predicted octanol–water partition coefficient (Wildman–Crippen LogP) is 1.28. The summed E-state index contributed by atoms with van der Waals surface area (Å²) < 4.78 is 0. The molecule has 0 fully saturated rings. The number of aliphatic carboxylic acids is 1. The molecule has 0 aromatic heterocycles. The summed E-state index contributed by atoms with van der Waals surface area (Å²) in [6.45, 7) is 0. The Labute approximate surface area is 79.3 Å². The maximum atomic E-state index is 10.8. The quantitative estimate of drug-likeness (QED) is 0.576. The second kappa shape index (κ2) is 4.27. The molecule has 14 heavy (non-hydrogen) atoms. The van der Waals surface area contributed by atoms with Gasteiger partial charge < -0.3 is 5.11 Å². The number of hydrogen-bond acceptors (Lipinski definition) is 4. The molecule has 0 aliphatic carbocycles. The van der Waals surface area contributed by atoms with Gasteiger partial charge in [0.1, 0.15) is 5.69 Å². The average molecular weight is 193 g/mol. The van der Waals surface area contributed by atoms with Crippen LogP contribution in [0.1, 0.15) is 5.56 Å². The van der Waals surface area contributed by atoms with Crippen LogP contribution in [-0.4, -0.2) is 16.9 Å². The van der Waals surface area contributed by atoms with E-state index >= 15 is 0 Å². The number of nitrogens with zero attached hydrogens (tertiary/aromatic N) is 1. The Morgan fingerprint density at radius 1 is 1.21 bits per heavy atom. The molecule has 0 aliphatic rings. The van der Waals surface area contributed by atoms with Crippen molar-refractivity contribution in [1.29, 1.82) is 0 Å². The molecule has 0 unspecified atom stereocenters. The Balaban J connectivity index is 2.73. The standard InChI is InChI=1S/C9H7NO4/c11-8(9(12)13)5-6-1-3-7(10-14)4-2-6/h1-4H,5H2,(H,12,13). The van der Waals surface area contributed by atoms with Crippen LogP contribution in [0.2, 0.25) is 0 Å². The Morgan fingerprint density at radius 2 is 1.79 bits per heavy atom. The fourth-order valence-electron chi connectivity index (χ4n) is 0.936. The summed E-state index contributed by atoms with van der Waals surface area (Å²) in [6.07, 6.45) is -0.172. The van der Waals surface area contributed by atoms with Gasteiger partial charge in [0.25, 0.3) is 0 Å². The number of nitroso groups, excluding NO2 is 1. The van der Waals surface area contributed by atoms with Gasteiger partial charge in [-0.2, -0.15) is 0 Å². The molecular weight excluding hydrogens is 186 g/mol. The highest BCUT2D eigenvalue weighted by Crippen LogP contribution is 2.12. The first-order valence-corrected chi connectivity index (χ1v) is 3.82. The highest BCUT2D eigenvalue weighted by atomic mass is 16.4. The largest absolute Gasteiger partial charge is 0.475 e. The van der Waals surface area contributed by atoms with Crippen LogP contribution in [0.4, 0.5) is 5.69 Å². The van der Waals surface area contributed by atoms with E-state index in [9.17, 15) is 14.5 Å². The minimum atomic E-state index is -1.46. The molecule has 1 rings (SSSR count). The van der Waals surface area contributed by atoms with Crippen molar-refractivity contribution in [3.8, 4) is 0 Å². The first-order valence-electron chi connectivity index (χ1n) is 3.82. The lowest BCUT2D eigenvalue weighted by molar-refractivity contribution is -0.148. The SMILES string of the molecule is O=Nc1ccc(CC(=O)C(=O)O)cc1. The lowest BCUT2D eigenvalue weighted by atomic mass is 10.1. The number of carboxylic acid groups (broad SMARTS) is 1. The van der Waals surface area contributed by atoms with Gasteiger partial charge in [0.15, 0.2) is 0 Å². The van der Waals surface area contributed by atoms with Gasteiger partial charge in [-0.05, 0) is 22.9 Å². The summed E-state index contributed by atoms with van der Waals surface area (Å²) in [6, 6.07) is 5.85. The molecule has 0 spiro atoms. The Kier molecular flexibility index (Phi) is 3.06. The van der Waals surface area contributed by atoms with Gasteiger partial charge in [-0.15, -0.1) is 4.91 Å². The molecule has 0 amide bonds. The van der Waals surface area contributed by atoms with Crippen molar-refractivity contribution in [3.05, 3.63) is 34.7 Å². The minimum absolute atomic E-state index is 0.172. The molecule has 0 bridgehead atoms. The number of benzene rings is 1. The number of carbonyl (C=O) groups is 2. The number of ketones is 1. The summed E-state index contributed by atoms with van der Waals surface area (Å²) in [5.41, 5.74) is 0.793. The van der Waals surface area contributed by atoms with Gasteiger partial charge in [-0.3, -0.25) is 4.79 Å². The fourth-order valence-corrected chi connectivity index (χ4v) is 0.936. The van der Waals surface area contributed by atoms with E-state index in [1.807, 2.05) is 0 Å². The lowest BCUT2D eigenvalue weighted by Crippen LogP contribution is -2.14. The summed E-state index contributed by atoms with van der Waals surface area (Å²) in [7, 11) is 0. The molecule has 1 aromatic carbocycles. The van der Waals surface area contributed by atoms with E-state index in [2.05, 4.69) is 5.18 Å². The van der Waals surface area contributed by atoms with Gasteiger partial charge in [0.05, 0.1) is 0 Å². The Hall–Kier alpha value is -2.04. The van der Waals surface area contributed by atoms with E-state index in [4.69, 9.17) is 5.11 Å². The third-order valence-electron chi connectivity index (χ3n) is 1.64. The second-order valence-corrected chi connectivity index (χ2v) is 2.66. The number of Topliss-reactive ketones (excluding diaryl/α,β-unsaturated/α-hetero) is 1. The molecule has 0 atom stereocenters. The molecular formula is C9H7NO4. The van der Waals surface area contributed by atoms with Crippen LogP contribution in [-0.2, 0) is 16.0 Å². The number of carboxylic acids is 1. The van der Waals surface area contributed by atoms with Crippen LogP contribution in [0.3, 0.4) is 0 Å². The van der Waals surface area contributed by atoms with Crippen LogP contribution in [0, 0.1) is 4.91 Å². The van der Waals surface area contributed by atoms with Crippen molar-refractivity contribution in [2.75, 3.05) is 0 Å². The van der Waals surface area contributed by atoms with E-state index in [0.717, 1.165) is 0 Å². The van der Waals surface area contributed by atoms with Crippen molar-refractivity contribution in [3.63, 3.8) is 0 Å². The summed E-state index contributed by atoms with van der Waals surface area (Å²) in [5, 5.41) is 11.0. The summed E-state index contributed by atoms with van der Waals surface area (Å²) >= 11 is 0.